The third kappa shape index (κ3) is 16.1. The molecule has 10 heterocycles. The highest BCUT2D eigenvalue weighted by Crippen LogP contribution is 2.50. The van der Waals surface area contributed by atoms with Crippen LogP contribution in [0.4, 0.5) is 11.4 Å². The van der Waals surface area contributed by atoms with Crippen LogP contribution in [0.25, 0.3) is 120 Å². The van der Waals surface area contributed by atoms with Crippen molar-refractivity contribution in [2.75, 3.05) is 10.6 Å². The molecule has 22 heteroatoms. The van der Waals surface area contributed by atoms with Crippen molar-refractivity contribution in [3.63, 3.8) is 0 Å². The maximum atomic E-state index is 14.4. The van der Waals surface area contributed by atoms with Crippen LogP contribution in [0.15, 0.2) is 292 Å². The molecule has 0 aliphatic heterocycles. The number of amides is 4. The Morgan fingerprint density at radius 3 is 0.991 bits per heavy atom. The average molecular weight is 1510 g/mol. The number of hydrogen-bond acceptors (Lipinski definition) is 18. The molecule has 110 heavy (non-hydrogen) atoms. The molecule has 2 atom stereocenters. The summed E-state index contributed by atoms with van der Waals surface area (Å²) in [6.07, 6.45) is 6.90. The summed E-state index contributed by atoms with van der Waals surface area (Å²) in [5, 5.41) is 15.2. The monoisotopic (exact) mass is 1510 g/mol. The largest absolute Gasteiger partial charge is 0.340 e. The summed E-state index contributed by atoms with van der Waals surface area (Å²) in [7, 11) is 0. The van der Waals surface area contributed by atoms with E-state index in [0.29, 0.717) is 56.9 Å². The Hall–Kier alpha value is -13.4. The first-order valence-corrected chi connectivity index (χ1v) is 38.5. The number of carbonyl (C=O) groups is 4. The van der Waals surface area contributed by atoms with E-state index in [-0.39, 0.29) is 24.0 Å². The van der Waals surface area contributed by atoms with Crippen molar-refractivity contribution >= 4 is 80.4 Å². The third-order valence-electron chi connectivity index (χ3n) is 18.1. The summed E-state index contributed by atoms with van der Waals surface area (Å²) in [5.74, 6) is -1.68. The predicted octanol–water partition coefficient (Wildman–Crippen LogP) is 18.8. The quantitative estimate of drug-likeness (QED) is 0.0465. The fourth-order valence-electron chi connectivity index (χ4n) is 12.4. The minimum absolute atomic E-state index is 0.239. The number of aromatic nitrogens is 10. The van der Waals surface area contributed by atoms with Gasteiger partial charge in [0.2, 0.25) is 11.8 Å². The van der Waals surface area contributed by atoms with Crippen molar-refractivity contribution in [2.45, 2.75) is 38.8 Å². The first-order chi connectivity index (χ1) is 53.9. The molecule has 18 nitrogen and oxygen atoms in total. The van der Waals surface area contributed by atoms with Crippen LogP contribution in [0.1, 0.15) is 41.6 Å². The number of nitrogens with zero attached hydrogens (tertiary/aromatic N) is 10. The van der Waals surface area contributed by atoms with Gasteiger partial charge in [0.25, 0.3) is 11.8 Å². The normalized spacial score (nSPS) is 11.7. The van der Waals surface area contributed by atoms with Crippen LogP contribution in [-0.4, -0.2) is 85.6 Å². The fourth-order valence-corrected chi connectivity index (χ4v) is 16.6. The lowest BCUT2D eigenvalue weighted by atomic mass is 10.0. The second kappa shape index (κ2) is 32.4. The Bertz CT molecular complexity index is 5590. The molecule has 0 radical (unpaired) electrons. The van der Waals surface area contributed by atoms with Crippen molar-refractivity contribution in [3.05, 3.63) is 324 Å². The molecule has 0 saturated carbocycles. The maximum absolute atomic E-state index is 14.4. The van der Waals surface area contributed by atoms with Crippen molar-refractivity contribution in [2.24, 2.45) is 0 Å². The Morgan fingerprint density at radius 2 is 0.636 bits per heavy atom. The number of hydrogen-bond donors (Lipinski definition) is 4. The van der Waals surface area contributed by atoms with Gasteiger partial charge >= 0.3 is 0 Å². The lowest BCUT2D eigenvalue weighted by molar-refractivity contribution is -0.118. The number of carbonyl (C=O) groups excluding carboxylic acids is 4. The van der Waals surface area contributed by atoms with E-state index in [1.54, 1.807) is 82.0 Å². The number of thiazole rings is 4. The number of rotatable bonds is 23. The Labute approximate surface area is 649 Å². The molecule has 10 aromatic heterocycles. The number of pyridine rings is 6. The Morgan fingerprint density at radius 1 is 0.309 bits per heavy atom. The molecular weight excluding hydrogens is 1450 g/mol. The lowest BCUT2D eigenvalue weighted by Crippen LogP contribution is -2.45. The second-order valence-electron chi connectivity index (χ2n) is 25.6. The minimum atomic E-state index is -0.942. The molecule has 534 valence electrons. The maximum Gasteiger partial charge on any atom is 0.253 e. The lowest BCUT2D eigenvalue weighted by Gasteiger charge is -2.19. The Balaban J connectivity index is 0.641. The minimum Gasteiger partial charge on any atom is -0.340 e. The molecule has 0 spiro atoms. The van der Waals surface area contributed by atoms with Gasteiger partial charge in [0, 0.05) is 81.0 Å². The van der Waals surface area contributed by atoms with Crippen LogP contribution in [-0.2, 0) is 22.4 Å². The van der Waals surface area contributed by atoms with E-state index in [2.05, 4.69) is 79.3 Å². The topological polar surface area (TPSA) is 245 Å². The molecule has 4 amide bonds. The summed E-state index contributed by atoms with van der Waals surface area (Å²) in [5.41, 5.74) is 15.2. The van der Waals surface area contributed by atoms with Crippen molar-refractivity contribution in [1.29, 1.82) is 0 Å². The zero-order valence-electron chi connectivity index (χ0n) is 59.0. The van der Waals surface area contributed by atoms with Gasteiger partial charge in [-0.25, -0.2) is 29.9 Å². The van der Waals surface area contributed by atoms with Gasteiger partial charge in [-0.2, -0.15) is 0 Å². The van der Waals surface area contributed by atoms with E-state index in [1.165, 1.54) is 12.4 Å². The van der Waals surface area contributed by atoms with E-state index in [0.717, 1.165) is 95.7 Å². The van der Waals surface area contributed by atoms with E-state index in [1.807, 2.05) is 218 Å². The van der Waals surface area contributed by atoms with Gasteiger partial charge in [-0.1, -0.05) is 146 Å². The van der Waals surface area contributed by atoms with Gasteiger partial charge in [0.05, 0.1) is 77.8 Å². The van der Waals surface area contributed by atoms with Crippen LogP contribution < -0.4 is 21.3 Å². The number of nitrogens with one attached hydrogen (secondary N) is 4. The zero-order chi connectivity index (χ0) is 74.9. The molecular formula is C88H64N14O4S4. The smallest absolute Gasteiger partial charge is 0.253 e. The highest BCUT2D eigenvalue weighted by Gasteiger charge is 2.30. The van der Waals surface area contributed by atoms with Crippen molar-refractivity contribution in [1.82, 2.24) is 60.5 Å². The third-order valence-corrected chi connectivity index (χ3v) is 22.3. The molecule has 0 aliphatic rings. The van der Waals surface area contributed by atoms with Crippen LogP contribution in [0.2, 0.25) is 0 Å². The van der Waals surface area contributed by atoms with Crippen LogP contribution in [0.3, 0.4) is 0 Å². The van der Waals surface area contributed by atoms with E-state index in [4.69, 9.17) is 29.9 Å². The molecule has 0 aliphatic carbocycles. The van der Waals surface area contributed by atoms with Crippen LogP contribution in [0.5, 0.6) is 0 Å². The van der Waals surface area contributed by atoms with Gasteiger partial charge in [0.15, 0.2) is 0 Å². The molecule has 0 fully saturated rings. The number of anilines is 2. The van der Waals surface area contributed by atoms with Crippen LogP contribution >= 0.6 is 45.3 Å². The number of benzene rings is 6. The summed E-state index contributed by atoms with van der Waals surface area (Å²) in [6, 6.07) is 82.0. The van der Waals surface area contributed by atoms with Gasteiger partial charge in [-0.05, 0) is 146 Å². The molecule has 6 aromatic carbocycles. The van der Waals surface area contributed by atoms with Gasteiger partial charge in [0.1, 0.15) is 43.5 Å². The zero-order valence-corrected chi connectivity index (χ0v) is 62.3. The standard InChI is InChI=1S/C88H64N14O4S4/c1-53-75(99-85(107-53)59-35-41-63(42-36-59)93-83(105)73(49-55-21-7-3-8-22-55)97-81(103)61-39-45-67(91-51-61)71-33-19-31-69(95-71)65-29-15-17-47-89-65)79-77(101-87(109-79)57-25-11-5-12-26-57)78-80(110-88(102-78)58-27-13-6-14-28-58)76-54(2)108-86(100-76)60-37-43-64(44-38-60)94-84(106)74(50-56-23-9-4-10-24-56)98-82(104)62-40-46-68(92-52-62)72-34-20-32-70(96-72)66-30-16-18-48-90-66/h3-48,51-52,73-74H,49-50H2,1-2H3,(H,93,105)(H,94,106)(H,97,103)(H,98,104). The summed E-state index contributed by atoms with van der Waals surface area (Å²) < 4.78 is 0. The molecule has 0 saturated heterocycles. The molecule has 0 bridgehead atoms. The summed E-state index contributed by atoms with van der Waals surface area (Å²) >= 11 is 6.24. The van der Waals surface area contributed by atoms with E-state index >= 15 is 0 Å². The van der Waals surface area contributed by atoms with E-state index < -0.39 is 35.7 Å². The molecule has 2 unspecified atom stereocenters. The average Bonchev–Trinajstić information content (AvgIpc) is 1.59. The van der Waals surface area contributed by atoms with E-state index in [9.17, 15) is 19.2 Å². The summed E-state index contributed by atoms with van der Waals surface area (Å²) in [4.78, 5) is 110. The second-order valence-corrected chi connectivity index (χ2v) is 30.1. The summed E-state index contributed by atoms with van der Waals surface area (Å²) in [6.45, 7) is 4.13. The highest BCUT2D eigenvalue weighted by molar-refractivity contribution is 7.21. The first kappa shape index (κ1) is 70.9. The van der Waals surface area contributed by atoms with Gasteiger partial charge < -0.3 is 21.3 Å². The molecule has 16 rings (SSSR count). The first-order valence-electron chi connectivity index (χ1n) is 35.2. The van der Waals surface area contributed by atoms with Gasteiger partial charge in [-0.3, -0.25) is 39.1 Å². The fraction of sp³-hybridized carbons (Fsp3) is 0.0682. The molecule has 4 N–H and O–H groups in total. The predicted molar refractivity (Wildman–Crippen MR) is 438 cm³/mol. The number of aryl methyl sites for hydroxylation is 2. The highest BCUT2D eigenvalue weighted by atomic mass is 32.1. The van der Waals surface area contributed by atoms with Crippen LogP contribution in [0, 0.1) is 13.8 Å². The SMILES string of the molecule is Cc1sc(-c2ccc(NC(=O)C(Cc3ccccc3)NC(=O)c3ccc(-c4cccc(-c5ccccn5)n4)nc3)cc2)nc1-c1sc(-c2ccccc2)nc1-c1nc(-c2ccccc2)sc1-c1nc(-c2ccc(NC(=O)C(Cc3ccccc3)NC(=O)c3ccc(-c4cccc(-c5ccccn5)n4)nc3)cc2)sc1C. The van der Waals surface area contributed by atoms with Crippen molar-refractivity contribution in [3.8, 4) is 120 Å². The Kier molecular flexibility index (Phi) is 20.9. The van der Waals surface area contributed by atoms with Crippen molar-refractivity contribution < 1.29 is 19.2 Å². The molecule has 16 aromatic rings. The van der Waals surface area contributed by atoms with Gasteiger partial charge in [-0.15, -0.1) is 45.3 Å².